The van der Waals surface area contributed by atoms with Crippen LogP contribution in [0.1, 0.15) is 0 Å². The third-order valence-corrected chi connectivity index (χ3v) is 1.83. The average Bonchev–Trinajstić information content (AvgIpc) is 2.24. The minimum absolute atomic E-state index is 0.118. The highest BCUT2D eigenvalue weighted by atomic mass is 35.5. The molecule has 3 nitrogen and oxygen atoms in total. The summed E-state index contributed by atoms with van der Waals surface area (Å²) < 4.78 is 18.4. The van der Waals surface area contributed by atoms with Crippen molar-refractivity contribution in [3.05, 3.63) is 47.6 Å². The largest absolute Gasteiger partial charge is 0.435 e. The van der Waals surface area contributed by atoms with E-state index in [9.17, 15) is 4.39 Å². The number of aromatic nitrogens is 2. The van der Waals surface area contributed by atoms with Crippen LogP contribution < -0.4 is 4.74 Å². The first-order chi connectivity index (χ1) is 7.25. The summed E-state index contributed by atoms with van der Waals surface area (Å²) in [4.78, 5) is 7.54. The Hall–Kier alpha value is -1.68. The molecule has 0 aliphatic carbocycles. The summed E-state index contributed by atoms with van der Waals surface area (Å²) in [6, 6.07) is 4.48. The van der Waals surface area contributed by atoms with Gasteiger partial charge in [-0.05, 0) is 18.2 Å². The number of halogens is 2. The smallest absolute Gasteiger partial charge is 0.256 e. The normalized spacial score (nSPS) is 10.0. The summed E-state index contributed by atoms with van der Waals surface area (Å²) in [5, 5.41) is 0.228. The number of hydrogen-bond donors (Lipinski definition) is 0. The van der Waals surface area contributed by atoms with Gasteiger partial charge in [0.25, 0.3) is 5.88 Å². The second kappa shape index (κ2) is 4.23. The Labute approximate surface area is 90.5 Å². The van der Waals surface area contributed by atoms with Gasteiger partial charge in [-0.2, -0.15) is 0 Å². The van der Waals surface area contributed by atoms with Gasteiger partial charge in [-0.25, -0.2) is 9.37 Å². The lowest BCUT2D eigenvalue weighted by Crippen LogP contribution is -1.91. The second-order valence-electron chi connectivity index (χ2n) is 2.73. The predicted molar refractivity (Wildman–Crippen MR) is 53.5 cm³/mol. The van der Waals surface area contributed by atoms with E-state index in [-0.39, 0.29) is 10.9 Å². The van der Waals surface area contributed by atoms with Crippen molar-refractivity contribution in [3.63, 3.8) is 0 Å². The zero-order valence-electron chi connectivity index (χ0n) is 7.52. The number of rotatable bonds is 2. The Balaban J connectivity index is 2.25. The van der Waals surface area contributed by atoms with E-state index < -0.39 is 5.82 Å². The Morgan fingerprint density at radius 1 is 1.33 bits per heavy atom. The second-order valence-corrected chi connectivity index (χ2v) is 3.17. The van der Waals surface area contributed by atoms with Crippen LogP contribution in [-0.2, 0) is 0 Å². The number of hydrogen-bond acceptors (Lipinski definition) is 3. The molecule has 0 atom stereocenters. The highest BCUT2D eigenvalue weighted by Gasteiger charge is 2.06. The van der Waals surface area contributed by atoms with E-state index in [1.54, 1.807) is 18.3 Å². The van der Waals surface area contributed by atoms with Crippen LogP contribution >= 0.6 is 11.6 Å². The van der Waals surface area contributed by atoms with Gasteiger partial charge in [-0.15, -0.1) is 0 Å². The zero-order chi connectivity index (χ0) is 10.7. The van der Waals surface area contributed by atoms with E-state index >= 15 is 0 Å². The molecule has 2 rings (SSSR count). The van der Waals surface area contributed by atoms with Crippen molar-refractivity contribution in [2.24, 2.45) is 0 Å². The van der Waals surface area contributed by atoms with Gasteiger partial charge in [0.2, 0.25) is 0 Å². The highest BCUT2D eigenvalue weighted by molar-refractivity contribution is 6.30. The molecule has 0 radical (unpaired) electrons. The fourth-order valence-electron chi connectivity index (χ4n) is 0.996. The summed E-state index contributed by atoms with van der Waals surface area (Å²) in [6.45, 7) is 0. The van der Waals surface area contributed by atoms with Crippen LogP contribution in [-0.4, -0.2) is 9.97 Å². The molecular formula is C10H6ClFN2O. The van der Waals surface area contributed by atoms with Crippen LogP contribution in [0.4, 0.5) is 4.39 Å². The Morgan fingerprint density at radius 2 is 2.20 bits per heavy atom. The molecule has 0 fully saturated rings. The topological polar surface area (TPSA) is 35.0 Å². The summed E-state index contributed by atoms with van der Waals surface area (Å²) in [7, 11) is 0. The van der Waals surface area contributed by atoms with Gasteiger partial charge < -0.3 is 4.74 Å². The monoisotopic (exact) mass is 224 g/mol. The van der Waals surface area contributed by atoms with Crippen molar-refractivity contribution in [1.29, 1.82) is 0 Å². The lowest BCUT2D eigenvalue weighted by molar-refractivity contribution is 0.421. The van der Waals surface area contributed by atoms with Crippen LogP contribution in [0.2, 0.25) is 5.02 Å². The molecule has 0 saturated heterocycles. The minimum atomic E-state index is -0.605. The maximum Gasteiger partial charge on any atom is 0.256 e. The van der Waals surface area contributed by atoms with E-state index in [4.69, 9.17) is 16.3 Å². The van der Waals surface area contributed by atoms with Crippen molar-refractivity contribution in [2.75, 3.05) is 0 Å². The minimum Gasteiger partial charge on any atom is -0.435 e. The third kappa shape index (κ3) is 2.41. The lowest BCUT2D eigenvalue weighted by atomic mass is 10.4. The molecule has 0 spiro atoms. The van der Waals surface area contributed by atoms with E-state index in [1.807, 2.05) is 0 Å². The molecule has 0 aliphatic heterocycles. The van der Waals surface area contributed by atoms with Crippen LogP contribution in [0.5, 0.6) is 11.6 Å². The molecule has 2 heterocycles. The van der Waals surface area contributed by atoms with Crippen molar-refractivity contribution in [3.8, 4) is 11.6 Å². The first kappa shape index (κ1) is 9.86. The summed E-state index contributed by atoms with van der Waals surface area (Å²) in [5.41, 5.74) is 0. The van der Waals surface area contributed by atoms with E-state index in [1.165, 1.54) is 12.4 Å². The number of pyridine rings is 2. The van der Waals surface area contributed by atoms with E-state index in [0.29, 0.717) is 5.75 Å². The Bertz CT molecular complexity index is 464. The molecule has 0 aromatic carbocycles. The SMILES string of the molecule is Fc1cc(Cl)cnc1Oc1cccnc1. The predicted octanol–water partition coefficient (Wildman–Crippen LogP) is 3.06. The molecule has 0 N–H and O–H groups in total. The lowest BCUT2D eigenvalue weighted by Gasteiger charge is -2.04. The molecular weight excluding hydrogens is 219 g/mol. The fourth-order valence-corrected chi connectivity index (χ4v) is 1.14. The van der Waals surface area contributed by atoms with Gasteiger partial charge in [0.1, 0.15) is 5.75 Å². The van der Waals surface area contributed by atoms with Crippen molar-refractivity contribution < 1.29 is 9.13 Å². The Morgan fingerprint density at radius 3 is 2.87 bits per heavy atom. The molecule has 5 heteroatoms. The van der Waals surface area contributed by atoms with Crippen molar-refractivity contribution >= 4 is 11.6 Å². The van der Waals surface area contributed by atoms with Gasteiger partial charge in [-0.3, -0.25) is 4.98 Å². The van der Waals surface area contributed by atoms with Crippen LogP contribution in [0.15, 0.2) is 36.8 Å². The van der Waals surface area contributed by atoms with Crippen LogP contribution in [0.3, 0.4) is 0 Å². The van der Waals surface area contributed by atoms with Gasteiger partial charge in [-0.1, -0.05) is 11.6 Å². The maximum absolute atomic E-state index is 13.2. The van der Waals surface area contributed by atoms with Crippen LogP contribution in [0, 0.1) is 5.82 Å². The summed E-state index contributed by atoms with van der Waals surface area (Å²) >= 11 is 5.55. The number of nitrogens with zero attached hydrogens (tertiary/aromatic N) is 2. The molecule has 0 saturated carbocycles. The molecule has 2 aromatic rings. The molecule has 0 bridgehead atoms. The molecule has 76 valence electrons. The van der Waals surface area contributed by atoms with E-state index in [2.05, 4.69) is 9.97 Å². The van der Waals surface area contributed by atoms with Crippen molar-refractivity contribution in [2.45, 2.75) is 0 Å². The van der Waals surface area contributed by atoms with Crippen LogP contribution in [0.25, 0.3) is 0 Å². The van der Waals surface area contributed by atoms with E-state index in [0.717, 1.165) is 6.07 Å². The molecule has 15 heavy (non-hydrogen) atoms. The van der Waals surface area contributed by atoms with Crippen molar-refractivity contribution in [1.82, 2.24) is 9.97 Å². The summed E-state index contributed by atoms with van der Waals surface area (Å²) in [6.07, 6.45) is 4.38. The standard InChI is InChI=1S/C10H6ClFN2O/c11-7-4-9(12)10(14-5-7)15-8-2-1-3-13-6-8/h1-6H. The summed E-state index contributed by atoms with van der Waals surface area (Å²) in [5.74, 6) is -0.301. The molecule has 0 amide bonds. The molecule has 0 aliphatic rings. The first-order valence-corrected chi connectivity index (χ1v) is 4.52. The van der Waals surface area contributed by atoms with Gasteiger partial charge in [0.15, 0.2) is 5.82 Å². The average molecular weight is 225 g/mol. The quantitative estimate of drug-likeness (QED) is 0.786. The van der Waals surface area contributed by atoms with Gasteiger partial charge in [0, 0.05) is 12.4 Å². The molecule has 2 aromatic heterocycles. The van der Waals surface area contributed by atoms with Gasteiger partial charge >= 0.3 is 0 Å². The highest BCUT2D eigenvalue weighted by Crippen LogP contribution is 2.22. The Kier molecular flexibility index (Phi) is 2.78. The maximum atomic E-state index is 13.2. The zero-order valence-corrected chi connectivity index (χ0v) is 8.28. The third-order valence-electron chi connectivity index (χ3n) is 1.62. The first-order valence-electron chi connectivity index (χ1n) is 4.14. The number of ether oxygens (including phenoxy) is 1. The fraction of sp³-hybridized carbons (Fsp3) is 0. The molecule has 0 unspecified atom stereocenters. The van der Waals surface area contributed by atoms with Gasteiger partial charge in [0.05, 0.1) is 11.2 Å².